The van der Waals surface area contributed by atoms with Crippen LogP contribution < -0.4 is 9.47 Å². The van der Waals surface area contributed by atoms with Crippen LogP contribution in [-0.4, -0.2) is 17.7 Å². The zero-order chi connectivity index (χ0) is 22.8. The zero-order valence-electron chi connectivity index (χ0n) is 18.9. The first-order valence-electron chi connectivity index (χ1n) is 11.2. The average Bonchev–Trinajstić information content (AvgIpc) is 2.80. The molecule has 0 spiro atoms. The third-order valence-corrected chi connectivity index (χ3v) is 5.36. The van der Waals surface area contributed by atoms with Crippen molar-refractivity contribution in [2.24, 2.45) is 5.92 Å². The van der Waals surface area contributed by atoms with Gasteiger partial charge in [0.1, 0.15) is 18.1 Å². The summed E-state index contributed by atoms with van der Waals surface area (Å²) < 4.78 is 12.2. The molecule has 3 rings (SSSR count). The van der Waals surface area contributed by atoms with Crippen LogP contribution >= 0.6 is 0 Å². The van der Waals surface area contributed by atoms with Crippen LogP contribution in [0.15, 0.2) is 78.9 Å². The molecule has 0 aliphatic heterocycles. The lowest BCUT2D eigenvalue weighted by Crippen LogP contribution is -2.14. The molecular formula is C28H32O4. The Labute approximate surface area is 190 Å². The van der Waals surface area contributed by atoms with E-state index < -0.39 is 5.97 Å². The summed E-state index contributed by atoms with van der Waals surface area (Å²) in [7, 11) is 0. The van der Waals surface area contributed by atoms with E-state index in [0.29, 0.717) is 25.6 Å². The fourth-order valence-electron chi connectivity index (χ4n) is 3.74. The fourth-order valence-corrected chi connectivity index (χ4v) is 3.74. The normalized spacial score (nSPS) is 11.8. The molecular weight excluding hydrogens is 400 g/mol. The largest absolute Gasteiger partial charge is 0.493 e. The van der Waals surface area contributed by atoms with Gasteiger partial charge in [-0.05, 0) is 53.6 Å². The number of aliphatic carboxylic acids is 1. The molecule has 0 heterocycles. The van der Waals surface area contributed by atoms with Gasteiger partial charge in [0, 0.05) is 12.3 Å². The predicted octanol–water partition coefficient (Wildman–Crippen LogP) is 6.49. The molecule has 3 aromatic rings. The second kappa shape index (κ2) is 11.9. The maximum atomic E-state index is 11.1. The summed E-state index contributed by atoms with van der Waals surface area (Å²) in [6.07, 6.45) is 1.53. The molecule has 1 N–H and O–H groups in total. The Bertz CT molecular complexity index is 967. The van der Waals surface area contributed by atoms with E-state index in [1.165, 1.54) is 5.56 Å². The van der Waals surface area contributed by atoms with Crippen molar-refractivity contribution in [1.82, 2.24) is 0 Å². The lowest BCUT2D eigenvalue weighted by Gasteiger charge is -2.21. The molecule has 32 heavy (non-hydrogen) atoms. The SMILES string of the molecule is CC(C)CC(COc1cc(COc2ccccc2)ccc1CCC(=O)O)c1ccccc1. The molecule has 4 nitrogen and oxygen atoms in total. The molecule has 0 aromatic heterocycles. The van der Waals surface area contributed by atoms with Crippen LogP contribution in [0.4, 0.5) is 0 Å². The Balaban J connectivity index is 1.76. The number of carboxylic acid groups (broad SMARTS) is 1. The topological polar surface area (TPSA) is 55.8 Å². The number of carbonyl (C=O) groups is 1. The summed E-state index contributed by atoms with van der Waals surface area (Å²) in [4.78, 5) is 11.1. The summed E-state index contributed by atoms with van der Waals surface area (Å²) in [6.45, 7) is 5.41. The maximum absolute atomic E-state index is 11.1. The molecule has 0 fully saturated rings. The van der Waals surface area contributed by atoms with Crippen molar-refractivity contribution in [3.8, 4) is 11.5 Å². The highest BCUT2D eigenvalue weighted by Gasteiger charge is 2.16. The van der Waals surface area contributed by atoms with Crippen molar-refractivity contribution in [2.45, 2.75) is 45.6 Å². The van der Waals surface area contributed by atoms with E-state index in [1.807, 2.05) is 54.6 Å². The lowest BCUT2D eigenvalue weighted by atomic mass is 9.91. The summed E-state index contributed by atoms with van der Waals surface area (Å²) in [6, 6.07) is 26.0. The van der Waals surface area contributed by atoms with Gasteiger partial charge in [-0.1, -0.05) is 74.5 Å². The standard InChI is InChI=1S/C28H32O4/c1-21(2)17-25(23-9-5-3-6-10-23)20-32-27-18-22(13-14-24(27)15-16-28(29)30)19-31-26-11-7-4-8-12-26/h3-14,18,21,25H,15-17,19-20H2,1-2H3,(H,29,30). The predicted molar refractivity (Wildman–Crippen MR) is 127 cm³/mol. The maximum Gasteiger partial charge on any atom is 0.303 e. The molecule has 0 aliphatic carbocycles. The van der Waals surface area contributed by atoms with Crippen LogP contribution in [-0.2, 0) is 17.8 Å². The highest BCUT2D eigenvalue weighted by molar-refractivity contribution is 5.67. The van der Waals surface area contributed by atoms with Gasteiger partial charge in [-0.3, -0.25) is 4.79 Å². The Morgan fingerprint density at radius 3 is 2.25 bits per heavy atom. The molecule has 0 bridgehead atoms. The molecule has 0 radical (unpaired) electrons. The molecule has 4 heteroatoms. The van der Waals surface area contributed by atoms with Gasteiger partial charge in [-0.25, -0.2) is 0 Å². The van der Waals surface area contributed by atoms with Crippen LogP contribution in [0.3, 0.4) is 0 Å². The monoisotopic (exact) mass is 432 g/mol. The Morgan fingerprint density at radius 2 is 1.59 bits per heavy atom. The van der Waals surface area contributed by atoms with Gasteiger partial charge in [-0.15, -0.1) is 0 Å². The van der Waals surface area contributed by atoms with Crippen molar-refractivity contribution < 1.29 is 19.4 Å². The first-order valence-corrected chi connectivity index (χ1v) is 11.2. The van der Waals surface area contributed by atoms with Crippen LogP contribution in [0, 0.1) is 5.92 Å². The summed E-state index contributed by atoms with van der Waals surface area (Å²) >= 11 is 0. The average molecular weight is 433 g/mol. The molecule has 1 unspecified atom stereocenters. The minimum Gasteiger partial charge on any atom is -0.493 e. The summed E-state index contributed by atoms with van der Waals surface area (Å²) in [5, 5.41) is 9.14. The highest BCUT2D eigenvalue weighted by Crippen LogP contribution is 2.28. The van der Waals surface area contributed by atoms with Crippen LogP contribution in [0.25, 0.3) is 0 Å². The second-order valence-corrected chi connectivity index (χ2v) is 8.49. The first kappa shape index (κ1) is 23.4. The second-order valence-electron chi connectivity index (χ2n) is 8.49. The quantitative estimate of drug-likeness (QED) is 0.355. The number of hydrogen-bond donors (Lipinski definition) is 1. The van der Waals surface area contributed by atoms with Gasteiger partial charge in [0.2, 0.25) is 0 Å². The van der Waals surface area contributed by atoms with Gasteiger partial charge in [0.05, 0.1) is 6.61 Å². The van der Waals surface area contributed by atoms with E-state index in [9.17, 15) is 4.79 Å². The van der Waals surface area contributed by atoms with Crippen molar-refractivity contribution in [1.29, 1.82) is 0 Å². The van der Waals surface area contributed by atoms with Gasteiger partial charge in [0.25, 0.3) is 0 Å². The minimum atomic E-state index is -0.811. The smallest absolute Gasteiger partial charge is 0.303 e. The Kier molecular flexibility index (Phi) is 8.73. The molecule has 0 saturated heterocycles. The third-order valence-electron chi connectivity index (χ3n) is 5.36. The highest BCUT2D eigenvalue weighted by atomic mass is 16.5. The van der Waals surface area contributed by atoms with E-state index in [-0.39, 0.29) is 12.3 Å². The van der Waals surface area contributed by atoms with Gasteiger partial charge in [-0.2, -0.15) is 0 Å². The van der Waals surface area contributed by atoms with Gasteiger partial charge >= 0.3 is 5.97 Å². The molecule has 168 valence electrons. The Morgan fingerprint density at radius 1 is 0.906 bits per heavy atom. The van der Waals surface area contributed by atoms with Crippen LogP contribution in [0.1, 0.15) is 49.3 Å². The molecule has 0 amide bonds. The van der Waals surface area contributed by atoms with E-state index in [0.717, 1.165) is 29.0 Å². The molecule has 3 aromatic carbocycles. The van der Waals surface area contributed by atoms with Crippen molar-refractivity contribution in [3.05, 3.63) is 95.6 Å². The third kappa shape index (κ3) is 7.45. The van der Waals surface area contributed by atoms with E-state index in [4.69, 9.17) is 14.6 Å². The number of para-hydroxylation sites is 1. The minimum absolute atomic E-state index is 0.0737. The number of benzene rings is 3. The molecule has 0 aliphatic rings. The van der Waals surface area contributed by atoms with Crippen molar-refractivity contribution in [2.75, 3.05) is 6.61 Å². The van der Waals surface area contributed by atoms with Crippen molar-refractivity contribution >= 4 is 5.97 Å². The van der Waals surface area contributed by atoms with E-state index in [2.05, 4.69) is 38.1 Å². The van der Waals surface area contributed by atoms with Crippen LogP contribution in [0.5, 0.6) is 11.5 Å². The number of carboxylic acids is 1. The Hall–Kier alpha value is -3.27. The first-order chi connectivity index (χ1) is 15.5. The van der Waals surface area contributed by atoms with Crippen molar-refractivity contribution in [3.63, 3.8) is 0 Å². The summed E-state index contributed by atoms with van der Waals surface area (Å²) in [5.74, 6) is 1.55. The van der Waals surface area contributed by atoms with Crippen LogP contribution in [0.2, 0.25) is 0 Å². The van der Waals surface area contributed by atoms with Gasteiger partial charge in [0.15, 0.2) is 0 Å². The summed E-state index contributed by atoms with van der Waals surface area (Å²) in [5.41, 5.74) is 3.16. The molecule has 0 saturated carbocycles. The van der Waals surface area contributed by atoms with Gasteiger partial charge < -0.3 is 14.6 Å². The number of ether oxygens (including phenoxy) is 2. The number of aryl methyl sites for hydroxylation is 1. The molecule has 1 atom stereocenters. The fraction of sp³-hybridized carbons (Fsp3) is 0.321. The van der Waals surface area contributed by atoms with E-state index >= 15 is 0 Å². The zero-order valence-corrected chi connectivity index (χ0v) is 18.9. The lowest BCUT2D eigenvalue weighted by molar-refractivity contribution is -0.136. The number of hydrogen-bond acceptors (Lipinski definition) is 3. The van der Waals surface area contributed by atoms with E-state index in [1.54, 1.807) is 0 Å². The number of rotatable bonds is 12.